The Morgan fingerprint density at radius 1 is 1.33 bits per heavy atom. The summed E-state index contributed by atoms with van der Waals surface area (Å²) in [5.41, 5.74) is 8.69. The van der Waals surface area contributed by atoms with Gasteiger partial charge in [0.1, 0.15) is 17.2 Å². The predicted molar refractivity (Wildman–Crippen MR) is 125 cm³/mol. The molecule has 2 aliphatic rings. The number of morpholine rings is 1. The number of aliphatic hydroxyl groups is 2. The summed E-state index contributed by atoms with van der Waals surface area (Å²) < 4.78 is 5.40. The molecule has 10 nitrogen and oxygen atoms in total. The molecule has 0 aromatic heterocycles. The van der Waals surface area contributed by atoms with Gasteiger partial charge in [0.2, 0.25) is 0 Å². The van der Waals surface area contributed by atoms with Gasteiger partial charge < -0.3 is 35.6 Å². The van der Waals surface area contributed by atoms with Gasteiger partial charge in [0, 0.05) is 32.2 Å². The Kier molecular flexibility index (Phi) is 7.99. The van der Waals surface area contributed by atoms with Gasteiger partial charge in [-0.05, 0) is 17.7 Å². The van der Waals surface area contributed by atoms with Crippen molar-refractivity contribution in [2.24, 2.45) is 15.7 Å². The maximum atomic E-state index is 11.8. The number of carboxylic acids is 1. The van der Waals surface area contributed by atoms with Crippen molar-refractivity contribution in [1.29, 1.82) is 0 Å². The maximum Gasteiger partial charge on any atom is 0.354 e. The Hall–Kier alpha value is -3.47. The summed E-state index contributed by atoms with van der Waals surface area (Å²) in [6.07, 6.45) is 1.41. The lowest BCUT2D eigenvalue weighted by atomic mass is 10.0. The zero-order valence-electron chi connectivity index (χ0n) is 18.6. The molecule has 0 amide bonds. The Morgan fingerprint density at radius 2 is 2.06 bits per heavy atom. The molecule has 0 unspecified atom stereocenters. The van der Waals surface area contributed by atoms with E-state index in [0.29, 0.717) is 54.7 Å². The minimum atomic E-state index is -1.22. The molecule has 0 atom stereocenters. The van der Waals surface area contributed by atoms with Crippen LogP contribution in [-0.4, -0.2) is 89.0 Å². The van der Waals surface area contributed by atoms with Crippen LogP contribution in [0.3, 0.4) is 0 Å². The number of dihydropyridines is 1. The van der Waals surface area contributed by atoms with Gasteiger partial charge in [0.05, 0.1) is 37.8 Å². The van der Waals surface area contributed by atoms with Crippen molar-refractivity contribution in [2.75, 3.05) is 46.5 Å². The number of rotatable bonds is 8. The fraction of sp³-hybridized carbons (Fsp3) is 0.348. The van der Waals surface area contributed by atoms with Crippen LogP contribution in [0.4, 0.5) is 0 Å². The highest BCUT2D eigenvalue weighted by Gasteiger charge is 2.28. The van der Waals surface area contributed by atoms with Crippen LogP contribution in [0.1, 0.15) is 11.1 Å². The molecule has 0 aliphatic carbocycles. The van der Waals surface area contributed by atoms with E-state index in [0.717, 1.165) is 0 Å². The molecule has 1 aromatic rings. The molecule has 2 heterocycles. The standard InChI is InChI=1S/C23H29N5O5/c1-15(28-7-10-33-11-8-28)25-21-19(27(2)6-9-29)13-18(23(31)32)26-22(21)20(24)17-5-3-4-16(12-17)14-30/h3-5,12-13,29-30H,1,6-11,14,24H2,2H3,(H,31,32)/b22-20+,25-21-. The van der Waals surface area contributed by atoms with Gasteiger partial charge in [-0.15, -0.1) is 0 Å². The van der Waals surface area contributed by atoms with Crippen molar-refractivity contribution < 1.29 is 24.9 Å². The topological polar surface area (TPSA) is 144 Å². The van der Waals surface area contributed by atoms with Crippen LogP contribution in [0.5, 0.6) is 0 Å². The van der Waals surface area contributed by atoms with Crippen LogP contribution in [0.25, 0.3) is 5.70 Å². The smallest absolute Gasteiger partial charge is 0.354 e. The molecule has 10 heteroatoms. The summed E-state index contributed by atoms with van der Waals surface area (Å²) in [7, 11) is 1.72. The fourth-order valence-corrected chi connectivity index (χ4v) is 3.49. The second-order valence-corrected chi connectivity index (χ2v) is 7.57. The van der Waals surface area contributed by atoms with Crippen molar-refractivity contribution in [1.82, 2.24) is 9.80 Å². The highest BCUT2D eigenvalue weighted by molar-refractivity contribution is 6.44. The number of aliphatic imine (C=N–C) groups is 2. The largest absolute Gasteiger partial charge is 0.477 e. The third kappa shape index (κ3) is 5.67. The fourth-order valence-electron chi connectivity index (χ4n) is 3.49. The van der Waals surface area contributed by atoms with Crippen molar-refractivity contribution >= 4 is 23.1 Å². The lowest BCUT2D eigenvalue weighted by Crippen LogP contribution is -2.36. The molecule has 2 aliphatic heterocycles. The van der Waals surface area contributed by atoms with Crippen molar-refractivity contribution in [2.45, 2.75) is 6.61 Å². The number of aliphatic carboxylic acids is 1. The Labute approximate surface area is 192 Å². The minimum Gasteiger partial charge on any atom is -0.477 e. The quantitative estimate of drug-likeness (QED) is 0.441. The van der Waals surface area contributed by atoms with E-state index in [1.807, 2.05) is 4.90 Å². The SMILES string of the molecule is C=C(/N=C1/C(N(C)CCO)=CC(C(=O)O)=N/C1=C(/N)c1cccc(CO)c1)N1CCOCC1. The molecule has 0 radical (unpaired) electrons. The van der Waals surface area contributed by atoms with Crippen molar-refractivity contribution in [3.8, 4) is 0 Å². The number of hydrogen-bond donors (Lipinski definition) is 4. The number of carboxylic acid groups (broad SMARTS) is 1. The lowest BCUT2D eigenvalue weighted by Gasteiger charge is -2.30. The first-order chi connectivity index (χ1) is 15.8. The van der Waals surface area contributed by atoms with Crippen LogP contribution in [0, 0.1) is 0 Å². The van der Waals surface area contributed by atoms with Gasteiger partial charge in [0.15, 0.2) is 5.71 Å². The van der Waals surface area contributed by atoms with Gasteiger partial charge in [0.25, 0.3) is 0 Å². The van der Waals surface area contributed by atoms with Crippen molar-refractivity contribution in [3.63, 3.8) is 0 Å². The number of nitrogens with two attached hydrogens (primary N) is 1. The highest BCUT2D eigenvalue weighted by atomic mass is 16.5. The number of benzene rings is 1. The zero-order chi connectivity index (χ0) is 24.0. The van der Waals surface area contributed by atoms with Crippen LogP contribution >= 0.6 is 0 Å². The molecule has 0 saturated carbocycles. The summed E-state index contributed by atoms with van der Waals surface area (Å²) in [6.45, 7) is 6.37. The predicted octanol–water partition coefficient (Wildman–Crippen LogP) is 0.398. The molecule has 33 heavy (non-hydrogen) atoms. The van der Waals surface area contributed by atoms with Crippen LogP contribution in [0.2, 0.25) is 0 Å². The third-order valence-electron chi connectivity index (χ3n) is 5.33. The molecule has 5 N–H and O–H groups in total. The van der Waals surface area contributed by atoms with E-state index in [4.69, 9.17) is 15.5 Å². The summed E-state index contributed by atoms with van der Waals surface area (Å²) in [4.78, 5) is 24.5. The average molecular weight is 456 g/mol. The van der Waals surface area contributed by atoms with E-state index < -0.39 is 5.97 Å². The number of ether oxygens (including phenoxy) is 1. The van der Waals surface area contributed by atoms with Gasteiger partial charge in [-0.1, -0.05) is 24.8 Å². The monoisotopic (exact) mass is 455 g/mol. The molecule has 0 spiro atoms. The molecule has 0 bridgehead atoms. The number of likely N-dealkylation sites (N-methyl/N-ethyl adjacent to an activating group) is 1. The molecule has 3 rings (SSSR count). The lowest BCUT2D eigenvalue weighted by molar-refractivity contribution is -0.129. The second-order valence-electron chi connectivity index (χ2n) is 7.57. The first-order valence-electron chi connectivity index (χ1n) is 10.5. The molecular formula is C23H29N5O5. The van der Waals surface area contributed by atoms with E-state index in [9.17, 15) is 20.1 Å². The third-order valence-corrected chi connectivity index (χ3v) is 5.33. The highest BCUT2D eigenvalue weighted by Crippen LogP contribution is 2.27. The molecule has 1 saturated heterocycles. The van der Waals surface area contributed by atoms with Crippen LogP contribution in [-0.2, 0) is 16.1 Å². The Bertz CT molecular complexity index is 1040. The number of hydrogen-bond acceptors (Lipinski definition) is 9. The summed E-state index contributed by atoms with van der Waals surface area (Å²) in [6, 6.07) is 6.96. The average Bonchev–Trinajstić information content (AvgIpc) is 2.84. The van der Waals surface area contributed by atoms with E-state index in [-0.39, 0.29) is 36.9 Å². The van der Waals surface area contributed by atoms with E-state index in [1.165, 1.54) is 6.08 Å². The summed E-state index contributed by atoms with van der Waals surface area (Å²) >= 11 is 0. The van der Waals surface area contributed by atoms with E-state index in [2.05, 4.69) is 11.6 Å². The zero-order valence-corrected chi connectivity index (χ0v) is 18.6. The summed E-state index contributed by atoms with van der Waals surface area (Å²) in [5.74, 6) is -0.745. The second kappa shape index (κ2) is 10.9. The molecule has 176 valence electrons. The Morgan fingerprint density at radius 3 is 2.70 bits per heavy atom. The Balaban J connectivity index is 2.18. The van der Waals surface area contributed by atoms with Crippen LogP contribution < -0.4 is 5.73 Å². The minimum absolute atomic E-state index is 0.141. The number of carbonyl (C=O) groups is 1. The molecule has 1 fully saturated rings. The van der Waals surface area contributed by atoms with Crippen LogP contribution in [0.15, 0.2) is 64.1 Å². The van der Waals surface area contributed by atoms with E-state index >= 15 is 0 Å². The molecule has 1 aromatic carbocycles. The van der Waals surface area contributed by atoms with Gasteiger partial charge in [-0.3, -0.25) is 0 Å². The first-order valence-corrected chi connectivity index (χ1v) is 10.5. The van der Waals surface area contributed by atoms with Crippen molar-refractivity contribution in [3.05, 3.63) is 65.3 Å². The normalized spacial score (nSPS) is 19.1. The van der Waals surface area contributed by atoms with Gasteiger partial charge in [-0.25, -0.2) is 14.8 Å². The van der Waals surface area contributed by atoms with E-state index in [1.54, 1.807) is 36.2 Å². The molecular weight excluding hydrogens is 426 g/mol. The number of nitrogens with zero attached hydrogens (tertiary/aromatic N) is 4. The summed E-state index contributed by atoms with van der Waals surface area (Å²) in [5, 5.41) is 28.6. The van der Waals surface area contributed by atoms with Gasteiger partial charge >= 0.3 is 5.97 Å². The first kappa shape index (κ1) is 24.2. The maximum absolute atomic E-state index is 11.8. The number of aliphatic hydroxyl groups excluding tert-OH is 2. The van der Waals surface area contributed by atoms with Gasteiger partial charge in [-0.2, -0.15) is 0 Å².